The summed E-state index contributed by atoms with van der Waals surface area (Å²) in [6, 6.07) is 14.2. The van der Waals surface area contributed by atoms with Crippen LogP contribution in [0.3, 0.4) is 0 Å². The highest BCUT2D eigenvalue weighted by Gasteiger charge is 2.30. The average molecular weight is 483 g/mol. The lowest BCUT2D eigenvalue weighted by Gasteiger charge is -2.34. The van der Waals surface area contributed by atoms with Crippen LogP contribution in [0.15, 0.2) is 53.4 Å². The number of aliphatic hydroxyl groups excluding tert-OH is 1. The number of hydrogen-bond acceptors (Lipinski definition) is 7. The Bertz CT molecular complexity index is 1300. The fraction of sp³-hybridized carbons (Fsp3) is 0.400. The molecule has 0 spiro atoms. The van der Waals surface area contributed by atoms with Gasteiger partial charge in [-0.05, 0) is 43.5 Å². The van der Waals surface area contributed by atoms with E-state index in [1.54, 1.807) is 30.1 Å². The Morgan fingerprint density at radius 2 is 1.94 bits per heavy atom. The molecule has 1 amide bonds. The van der Waals surface area contributed by atoms with Gasteiger partial charge in [0, 0.05) is 31.8 Å². The Labute approximate surface area is 200 Å². The van der Waals surface area contributed by atoms with E-state index in [0.717, 1.165) is 36.0 Å². The number of aromatic nitrogens is 2. The van der Waals surface area contributed by atoms with Crippen molar-refractivity contribution in [1.29, 1.82) is 0 Å². The van der Waals surface area contributed by atoms with E-state index in [2.05, 4.69) is 9.97 Å². The van der Waals surface area contributed by atoms with Crippen LogP contribution in [0.4, 0.5) is 5.95 Å². The van der Waals surface area contributed by atoms with Crippen molar-refractivity contribution in [1.82, 2.24) is 14.9 Å². The molecule has 2 heterocycles. The topological polar surface area (TPSA) is 104 Å². The van der Waals surface area contributed by atoms with Crippen molar-refractivity contribution in [3.05, 3.63) is 59.8 Å². The summed E-state index contributed by atoms with van der Waals surface area (Å²) in [6.07, 6.45) is 2.00. The summed E-state index contributed by atoms with van der Waals surface area (Å²) in [5.74, 6) is 0.250. The van der Waals surface area contributed by atoms with Crippen molar-refractivity contribution in [2.75, 3.05) is 37.8 Å². The first kappa shape index (κ1) is 24.1. The maximum atomic E-state index is 13.2. The van der Waals surface area contributed by atoms with Crippen molar-refractivity contribution in [2.45, 2.75) is 30.8 Å². The van der Waals surface area contributed by atoms with E-state index in [9.17, 15) is 18.3 Å². The number of carbonyl (C=O) groups is 1. The summed E-state index contributed by atoms with van der Waals surface area (Å²) >= 11 is 0. The molecular weight excluding hydrogens is 452 g/mol. The quantitative estimate of drug-likeness (QED) is 0.576. The summed E-state index contributed by atoms with van der Waals surface area (Å²) in [6.45, 7) is 3.29. The Hall–Kier alpha value is -3.04. The first-order valence-electron chi connectivity index (χ1n) is 11.3. The lowest BCUT2D eigenvalue weighted by Crippen LogP contribution is -2.45. The van der Waals surface area contributed by atoms with Gasteiger partial charge in [0.1, 0.15) is 0 Å². The third kappa shape index (κ3) is 5.20. The van der Waals surface area contributed by atoms with Crippen LogP contribution in [0.2, 0.25) is 0 Å². The van der Waals surface area contributed by atoms with E-state index in [-0.39, 0.29) is 23.3 Å². The van der Waals surface area contributed by atoms with Gasteiger partial charge in [-0.15, -0.1) is 0 Å². The Morgan fingerprint density at radius 3 is 2.65 bits per heavy atom. The number of benzene rings is 2. The molecule has 34 heavy (non-hydrogen) atoms. The zero-order valence-electron chi connectivity index (χ0n) is 19.7. The molecule has 0 radical (unpaired) electrons. The number of fused-ring (bicyclic) bond motifs is 1. The molecule has 9 heteroatoms. The number of carbonyl (C=O) groups excluding carboxylic acids is 1. The predicted octanol–water partition coefficient (Wildman–Crippen LogP) is 2.75. The lowest BCUT2D eigenvalue weighted by molar-refractivity contribution is -0.135. The molecule has 2 atom stereocenters. The van der Waals surface area contributed by atoms with Crippen LogP contribution in [0.25, 0.3) is 10.9 Å². The van der Waals surface area contributed by atoms with E-state index in [1.807, 2.05) is 42.2 Å². The summed E-state index contributed by atoms with van der Waals surface area (Å²) in [7, 11) is -1.63. The van der Waals surface area contributed by atoms with Gasteiger partial charge in [-0.1, -0.05) is 30.3 Å². The van der Waals surface area contributed by atoms with Gasteiger partial charge in [0.05, 0.1) is 34.7 Å². The molecule has 8 nitrogen and oxygen atoms in total. The standard InChI is InChI=1S/C25H30N4O4S/c1-17-21-12-11-20(34(3,32)33)14-22(21)27-25(26-17)29-13-7-10-19(15-29)24(31)28(2)16-23(30)18-8-5-4-6-9-18/h4-6,8-9,11-12,14,19,23,30H,7,10,13,15-16H2,1-3H3/t19-,23-/m0/s1. The van der Waals surface area contributed by atoms with Gasteiger partial charge in [0.15, 0.2) is 9.84 Å². The Morgan fingerprint density at radius 1 is 1.21 bits per heavy atom. The summed E-state index contributed by atoms with van der Waals surface area (Å²) in [5, 5.41) is 11.3. The molecule has 1 fully saturated rings. The number of piperidine rings is 1. The van der Waals surface area contributed by atoms with Crippen LogP contribution < -0.4 is 4.90 Å². The first-order valence-corrected chi connectivity index (χ1v) is 13.2. The van der Waals surface area contributed by atoms with Gasteiger partial charge in [0.25, 0.3) is 0 Å². The second kappa shape index (κ2) is 9.68. The highest BCUT2D eigenvalue weighted by molar-refractivity contribution is 7.90. The molecular formula is C25H30N4O4S. The molecule has 0 saturated carbocycles. The zero-order chi connectivity index (χ0) is 24.5. The van der Waals surface area contributed by atoms with Crippen molar-refractivity contribution in [3.8, 4) is 0 Å². The van der Waals surface area contributed by atoms with Crippen molar-refractivity contribution >= 4 is 32.6 Å². The van der Waals surface area contributed by atoms with Crippen molar-refractivity contribution < 1.29 is 18.3 Å². The Balaban J connectivity index is 1.51. The largest absolute Gasteiger partial charge is 0.387 e. The third-order valence-electron chi connectivity index (χ3n) is 6.34. The van der Waals surface area contributed by atoms with Crippen LogP contribution in [-0.2, 0) is 14.6 Å². The molecule has 4 rings (SSSR count). The number of anilines is 1. The van der Waals surface area contributed by atoms with Gasteiger partial charge >= 0.3 is 0 Å². The van der Waals surface area contributed by atoms with Crippen LogP contribution >= 0.6 is 0 Å². The molecule has 180 valence electrons. The predicted molar refractivity (Wildman–Crippen MR) is 131 cm³/mol. The average Bonchev–Trinajstić information content (AvgIpc) is 2.83. The summed E-state index contributed by atoms with van der Waals surface area (Å²) in [5.41, 5.74) is 2.11. The first-order chi connectivity index (χ1) is 16.1. The van der Waals surface area contributed by atoms with E-state index < -0.39 is 15.9 Å². The molecule has 1 aliphatic rings. The SMILES string of the molecule is Cc1nc(N2CCC[C@H](C(=O)N(C)C[C@H](O)c3ccccc3)C2)nc2cc(S(C)(=O)=O)ccc12. The fourth-order valence-electron chi connectivity index (χ4n) is 4.43. The van der Waals surface area contributed by atoms with E-state index in [1.165, 1.54) is 6.26 Å². The minimum absolute atomic E-state index is 0.0171. The maximum absolute atomic E-state index is 13.2. The third-order valence-corrected chi connectivity index (χ3v) is 7.45. The number of sulfone groups is 1. The minimum Gasteiger partial charge on any atom is -0.387 e. The van der Waals surface area contributed by atoms with Crippen molar-refractivity contribution in [3.63, 3.8) is 0 Å². The molecule has 1 aliphatic heterocycles. The van der Waals surface area contributed by atoms with Gasteiger partial charge in [-0.3, -0.25) is 4.79 Å². The number of hydrogen-bond donors (Lipinski definition) is 1. The molecule has 1 aromatic heterocycles. The molecule has 2 aromatic carbocycles. The fourth-order valence-corrected chi connectivity index (χ4v) is 5.07. The number of likely N-dealkylation sites (N-methyl/N-ethyl adjacent to an activating group) is 1. The van der Waals surface area contributed by atoms with Crippen LogP contribution in [0, 0.1) is 12.8 Å². The van der Waals surface area contributed by atoms with E-state index in [4.69, 9.17) is 0 Å². The number of nitrogens with zero attached hydrogens (tertiary/aromatic N) is 4. The second-order valence-electron chi connectivity index (χ2n) is 8.99. The highest BCUT2D eigenvalue weighted by atomic mass is 32.2. The van der Waals surface area contributed by atoms with E-state index >= 15 is 0 Å². The summed E-state index contributed by atoms with van der Waals surface area (Å²) < 4.78 is 24.0. The molecule has 0 bridgehead atoms. The number of aryl methyl sites for hydroxylation is 1. The second-order valence-corrected chi connectivity index (χ2v) is 11.0. The normalized spacial score (nSPS) is 17.5. The van der Waals surface area contributed by atoms with Gasteiger partial charge < -0.3 is 14.9 Å². The number of rotatable bonds is 6. The van der Waals surface area contributed by atoms with Crippen LogP contribution in [0.5, 0.6) is 0 Å². The van der Waals surface area contributed by atoms with Gasteiger partial charge in [-0.25, -0.2) is 18.4 Å². The van der Waals surface area contributed by atoms with Crippen LogP contribution in [-0.4, -0.2) is 67.2 Å². The maximum Gasteiger partial charge on any atom is 0.227 e. The molecule has 0 unspecified atom stereocenters. The smallest absolute Gasteiger partial charge is 0.227 e. The van der Waals surface area contributed by atoms with Crippen LogP contribution in [0.1, 0.15) is 30.2 Å². The minimum atomic E-state index is -3.35. The Kier molecular flexibility index (Phi) is 6.86. The van der Waals surface area contributed by atoms with Gasteiger partial charge in [-0.2, -0.15) is 0 Å². The molecule has 3 aromatic rings. The monoisotopic (exact) mass is 482 g/mol. The van der Waals surface area contributed by atoms with Crippen molar-refractivity contribution in [2.24, 2.45) is 5.92 Å². The molecule has 1 N–H and O–H groups in total. The summed E-state index contributed by atoms with van der Waals surface area (Å²) in [4.78, 5) is 26.3. The van der Waals surface area contributed by atoms with E-state index in [0.29, 0.717) is 18.0 Å². The highest BCUT2D eigenvalue weighted by Crippen LogP contribution is 2.26. The number of amides is 1. The number of aliphatic hydroxyl groups is 1. The lowest BCUT2D eigenvalue weighted by atomic mass is 9.96. The molecule has 0 aliphatic carbocycles. The molecule has 1 saturated heterocycles. The zero-order valence-corrected chi connectivity index (χ0v) is 20.5. The van der Waals surface area contributed by atoms with Gasteiger partial charge in [0.2, 0.25) is 11.9 Å².